The molecule has 2 aliphatic rings. The van der Waals surface area contributed by atoms with E-state index >= 15 is 0 Å². The Balaban J connectivity index is 1.78. The highest BCUT2D eigenvalue weighted by molar-refractivity contribution is 5.78. The molecule has 2 fully saturated rings. The van der Waals surface area contributed by atoms with Crippen molar-refractivity contribution in [1.82, 2.24) is 4.90 Å². The fraction of sp³-hybridized carbons (Fsp3) is 0.941. The summed E-state index contributed by atoms with van der Waals surface area (Å²) >= 11 is 0. The molecule has 1 spiro atoms. The van der Waals surface area contributed by atoms with Crippen LogP contribution in [-0.2, 0) is 4.79 Å². The van der Waals surface area contributed by atoms with Gasteiger partial charge >= 0.3 is 0 Å². The summed E-state index contributed by atoms with van der Waals surface area (Å²) in [6.45, 7) is 13.1. The zero-order valence-corrected chi connectivity index (χ0v) is 13.5. The molecular weight excluding hydrogens is 234 g/mol. The smallest absolute Gasteiger partial charge is 0.225 e. The molecule has 0 N–H and O–H groups in total. The maximum Gasteiger partial charge on any atom is 0.225 e. The second kappa shape index (κ2) is 5.10. The van der Waals surface area contributed by atoms with Gasteiger partial charge in [0.05, 0.1) is 0 Å². The van der Waals surface area contributed by atoms with Crippen LogP contribution in [-0.4, -0.2) is 23.9 Å². The van der Waals surface area contributed by atoms with Crippen LogP contribution in [0.25, 0.3) is 0 Å². The molecule has 2 heteroatoms. The first-order valence-electron chi connectivity index (χ1n) is 8.00. The van der Waals surface area contributed by atoms with Gasteiger partial charge in [0.1, 0.15) is 0 Å². The van der Waals surface area contributed by atoms with Gasteiger partial charge in [0.25, 0.3) is 0 Å². The fourth-order valence-corrected chi connectivity index (χ4v) is 4.15. The normalized spacial score (nSPS) is 23.8. The van der Waals surface area contributed by atoms with E-state index in [1.54, 1.807) is 0 Å². The van der Waals surface area contributed by atoms with Crippen LogP contribution >= 0.6 is 0 Å². The summed E-state index contributed by atoms with van der Waals surface area (Å²) < 4.78 is 0. The second-order valence-electron chi connectivity index (χ2n) is 8.52. The molecule has 110 valence electrons. The van der Waals surface area contributed by atoms with Crippen LogP contribution in [0.3, 0.4) is 0 Å². The van der Waals surface area contributed by atoms with Crippen molar-refractivity contribution in [3.8, 4) is 0 Å². The van der Waals surface area contributed by atoms with Gasteiger partial charge in [-0.3, -0.25) is 4.79 Å². The quantitative estimate of drug-likeness (QED) is 0.736. The van der Waals surface area contributed by atoms with Crippen molar-refractivity contribution in [3.63, 3.8) is 0 Å². The van der Waals surface area contributed by atoms with E-state index in [2.05, 4.69) is 25.7 Å². The number of rotatable bonds is 2. The lowest BCUT2D eigenvalue weighted by atomic mass is 9.55. The molecule has 0 unspecified atom stereocenters. The molecule has 0 aromatic rings. The van der Waals surface area contributed by atoms with Crippen LogP contribution in [0.4, 0.5) is 0 Å². The predicted octanol–water partition coefficient (Wildman–Crippen LogP) is 4.10. The van der Waals surface area contributed by atoms with Crippen molar-refractivity contribution in [2.24, 2.45) is 22.7 Å². The standard InChI is InChI=1S/C17H31NO/c1-13(2)15(19)18-8-6-17(7-9-18)11-14(12-17)10-16(3,4)5/h13-14H,6-12H2,1-5H3. The van der Waals surface area contributed by atoms with Crippen molar-refractivity contribution in [3.05, 3.63) is 0 Å². The van der Waals surface area contributed by atoms with Gasteiger partial charge in [-0.25, -0.2) is 0 Å². The number of carbonyl (C=O) groups is 1. The van der Waals surface area contributed by atoms with E-state index in [4.69, 9.17) is 0 Å². The number of amides is 1. The third-order valence-corrected chi connectivity index (χ3v) is 4.97. The van der Waals surface area contributed by atoms with Gasteiger partial charge in [-0.05, 0) is 48.9 Å². The molecule has 0 aromatic carbocycles. The number of likely N-dealkylation sites (tertiary alicyclic amines) is 1. The topological polar surface area (TPSA) is 20.3 Å². The van der Waals surface area contributed by atoms with Gasteiger partial charge in [0.15, 0.2) is 0 Å². The molecule has 0 bridgehead atoms. The maximum atomic E-state index is 12.0. The lowest BCUT2D eigenvalue weighted by molar-refractivity contribution is -0.139. The van der Waals surface area contributed by atoms with Crippen LogP contribution in [0.15, 0.2) is 0 Å². The van der Waals surface area contributed by atoms with Crippen LogP contribution < -0.4 is 0 Å². The molecule has 1 saturated heterocycles. The average Bonchev–Trinajstić information content (AvgIpc) is 2.25. The van der Waals surface area contributed by atoms with Gasteiger partial charge in [-0.1, -0.05) is 34.6 Å². The molecule has 1 amide bonds. The van der Waals surface area contributed by atoms with Gasteiger partial charge in [-0.2, -0.15) is 0 Å². The minimum absolute atomic E-state index is 0.157. The summed E-state index contributed by atoms with van der Waals surface area (Å²) in [4.78, 5) is 14.1. The summed E-state index contributed by atoms with van der Waals surface area (Å²) in [5.74, 6) is 1.44. The Bertz CT molecular complexity index is 324. The van der Waals surface area contributed by atoms with Crippen molar-refractivity contribution in [2.75, 3.05) is 13.1 Å². The predicted molar refractivity (Wildman–Crippen MR) is 79.9 cm³/mol. The van der Waals surface area contributed by atoms with Crippen LogP contribution in [0, 0.1) is 22.7 Å². The molecule has 19 heavy (non-hydrogen) atoms. The third kappa shape index (κ3) is 3.52. The van der Waals surface area contributed by atoms with Crippen LogP contribution in [0.2, 0.25) is 0 Å². The van der Waals surface area contributed by atoms with Crippen molar-refractivity contribution in [1.29, 1.82) is 0 Å². The number of carbonyl (C=O) groups excluding carboxylic acids is 1. The molecule has 1 heterocycles. The number of nitrogens with zero attached hydrogens (tertiary/aromatic N) is 1. The molecular formula is C17H31NO. The molecule has 2 rings (SSSR count). The minimum atomic E-state index is 0.157. The lowest BCUT2D eigenvalue weighted by Crippen LogP contribution is -2.50. The zero-order valence-electron chi connectivity index (χ0n) is 13.5. The SMILES string of the molecule is CC(C)C(=O)N1CCC2(CC1)CC(CC(C)(C)C)C2. The van der Waals surface area contributed by atoms with E-state index in [0.717, 1.165) is 19.0 Å². The van der Waals surface area contributed by atoms with E-state index in [1.165, 1.54) is 32.1 Å². The molecule has 1 aliphatic carbocycles. The Morgan fingerprint density at radius 2 is 1.74 bits per heavy atom. The first-order valence-corrected chi connectivity index (χ1v) is 8.00. The maximum absolute atomic E-state index is 12.0. The molecule has 0 aromatic heterocycles. The first-order chi connectivity index (χ1) is 8.71. The summed E-state index contributed by atoms with van der Waals surface area (Å²) in [6.07, 6.45) is 6.67. The Labute approximate surface area is 118 Å². The average molecular weight is 265 g/mol. The van der Waals surface area contributed by atoms with Crippen molar-refractivity contribution in [2.45, 2.75) is 66.7 Å². The number of hydrogen-bond donors (Lipinski definition) is 0. The third-order valence-electron chi connectivity index (χ3n) is 4.97. The Morgan fingerprint density at radius 3 is 2.16 bits per heavy atom. The lowest BCUT2D eigenvalue weighted by Gasteiger charge is -2.53. The first kappa shape index (κ1) is 14.9. The fourth-order valence-electron chi connectivity index (χ4n) is 4.15. The minimum Gasteiger partial charge on any atom is -0.342 e. The highest BCUT2D eigenvalue weighted by atomic mass is 16.2. The highest BCUT2D eigenvalue weighted by Gasteiger charge is 2.46. The number of piperidine rings is 1. The van der Waals surface area contributed by atoms with Crippen LogP contribution in [0.1, 0.15) is 66.7 Å². The summed E-state index contributed by atoms with van der Waals surface area (Å²) in [6, 6.07) is 0. The summed E-state index contributed by atoms with van der Waals surface area (Å²) in [7, 11) is 0. The van der Waals surface area contributed by atoms with Gasteiger partial charge in [-0.15, -0.1) is 0 Å². The van der Waals surface area contributed by atoms with E-state index in [0.29, 0.717) is 16.7 Å². The van der Waals surface area contributed by atoms with Gasteiger partial charge in [0.2, 0.25) is 5.91 Å². The Kier molecular flexibility index (Phi) is 3.99. The van der Waals surface area contributed by atoms with E-state index in [9.17, 15) is 4.79 Å². The molecule has 1 aliphatic heterocycles. The van der Waals surface area contributed by atoms with E-state index in [-0.39, 0.29) is 5.92 Å². The molecule has 1 saturated carbocycles. The Hall–Kier alpha value is -0.530. The van der Waals surface area contributed by atoms with E-state index in [1.807, 2.05) is 13.8 Å². The van der Waals surface area contributed by atoms with Crippen LogP contribution in [0.5, 0.6) is 0 Å². The molecule has 0 atom stereocenters. The molecule has 2 nitrogen and oxygen atoms in total. The molecule has 0 radical (unpaired) electrons. The number of hydrogen-bond acceptors (Lipinski definition) is 1. The van der Waals surface area contributed by atoms with Gasteiger partial charge in [0, 0.05) is 19.0 Å². The second-order valence-corrected chi connectivity index (χ2v) is 8.52. The Morgan fingerprint density at radius 1 is 1.21 bits per heavy atom. The highest BCUT2D eigenvalue weighted by Crippen LogP contribution is 2.55. The zero-order chi connectivity index (χ0) is 14.3. The van der Waals surface area contributed by atoms with E-state index < -0.39 is 0 Å². The van der Waals surface area contributed by atoms with Crippen molar-refractivity contribution < 1.29 is 4.79 Å². The summed E-state index contributed by atoms with van der Waals surface area (Å²) in [5, 5.41) is 0. The van der Waals surface area contributed by atoms with Gasteiger partial charge < -0.3 is 4.90 Å². The summed E-state index contributed by atoms with van der Waals surface area (Å²) in [5.41, 5.74) is 1.07. The van der Waals surface area contributed by atoms with Crippen molar-refractivity contribution >= 4 is 5.91 Å². The largest absolute Gasteiger partial charge is 0.342 e. The monoisotopic (exact) mass is 265 g/mol.